The second-order valence-electron chi connectivity index (χ2n) is 18.0. The lowest BCUT2D eigenvalue weighted by Gasteiger charge is -2.39. The molecule has 318 valence electrons. The van der Waals surface area contributed by atoms with E-state index in [1.54, 1.807) is 0 Å². The predicted molar refractivity (Wildman–Crippen MR) is 246 cm³/mol. The second-order valence-corrected chi connectivity index (χ2v) is 18.4. The fourth-order valence-electron chi connectivity index (χ4n) is 9.23. The van der Waals surface area contributed by atoms with Crippen molar-refractivity contribution in [3.63, 3.8) is 0 Å². The summed E-state index contributed by atoms with van der Waals surface area (Å²) in [5, 5.41) is 0.258. The number of carbonyl (C=O) groups is 1. The van der Waals surface area contributed by atoms with Gasteiger partial charge in [0.05, 0.1) is 0 Å². The van der Waals surface area contributed by atoms with Crippen molar-refractivity contribution in [2.24, 2.45) is 11.3 Å². The predicted octanol–water partition coefficient (Wildman–Crippen LogP) is 19.3. The Morgan fingerprint density at radius 1 is 0.321 bits per heavy atom. The summed E-state index contributed by atoms with van der Waals surface area (Å²) >= 11 is 4.83. The van der Waals surface area contributed by atoms with Crippen molar-refractivity contribution in [1.29, 1.82) is 0 Å². The first kappa shape index (κ1) is 53.0. The molecular formula is C51H102OS. The number of unbranched alkanes of at least 4 members (excludes halogenated alkanes) is 36. The lowest BCUT2D eigenvalue weighted by Crippen LogP contribution is -2.37. The summed E-state index contributed by atoms with van der Waals surface area (Å²) in [5.41, 5.74) is -0.192. The third-order valence-corrected chi connectivity index (χ3v) is 13.4. The molecule has 0 N–H and O–H groups in total. The third kappa shape index (κ3) is 33.8. The van der Waals surface area contributed by atoms with Crippen LogP contribution in [0.5, 0.6) is 0 Å². The van der Waals surface area contributed by atoms with E-state index in [1.807, 2.05) is 0 Å². The molecular weight excluding hydrogens is 661 g/mol. The van der Waals surface area contributed by atoms with E-state index in [-0.39, 0.29) is 10.5 Å². The molecule has 0 aliphatic carbocycles. The summed E-state index contributed by atoms with van der Waals surface area (Å²) in [4.78, 5) is 13.9. The van der Waals surface area contributed by atoms with Crippen molar-refractivity contribution in [2.75, 3.05) is 0 Å². The van der Waals surface area contributed by atoms with Gasteiger partial charge >= 0.3 is 0 Å². The average Bonchev–Trinajstić information content (AvgIpc) is 3.16. The molecule has 0 aromatic rings. The van der Waals surface area contributed by atoms with Gasteiger partial charge in [-0.05, 0) is 31.6 Å². The van der Waals surface area contributed by atoms with E-state index < -0.39 is 0 Å². The maximum absolute atomic E-state index is 13.9. The zero-order valence-corrected chi connectivity index (χ0v) is 38.4. The zero-order chi connectivity index (χ0) is 38.8. The first-order valence-electron chi connectivity index (χ1n) is 25.3. The van der Waals surface area contributed by atoms with Crippen LogP contribution in [0, 0.1) is 11.3 Å². The highest BCUT2D eigenvalue weighted by Gasteiger charge is 2.42. The molecule has 0 fully saturated rings. The fraction of sp³-hybridized carbons (Fsp3) is 0.980. The number of hydrogen-bond acceptors (Lipinski definition) is 1. The standard InChI is InChI=1S/C51H102OS/c1-5-9-13-17-21-25-29-33-37-41-45-49(46-42-38-34-30-26-22-18-14-10-6-2)51(50(52)53,47-43-39-35-31-27-23-19-15-11-7-3)48-44-40-36-32-28-24-20-16-12-8-4/h49H,5-48H2,1-4H3,(H,52,53). The van der Waals surface area contributed by atoms with Gasteiger partial charge in [0.1, 0.15) is 0 Å². The molecule has 0 atom stereocenters. The minimum Gasteiger partial charge on any atom is -0.287 e. The van der Waals surface area contributed by atoms with Crippen LogP contribution < -0.4 is 0 Å². The van der Waals surface area contributed by atoms with Crippen LogP contribution in [0.1, 0.15) is 310 Å². The molecule has 0 unspecified atom stereocenters. The van der Waals surface area contributed by atoms with E-state index in [0.717, 1.165) is 12.8 Å². The molecule has 0 amide bonds. The maximum atomic E-state index is 13.9. The number of thiol groups is 1. The quantitative estimate of drug-likeness (QED) is 0.0483. The van der Waals surface area contributed by atoms with Gasteiger partial charge in [0.15, 0.2) is 5.12 Å². The highest BCUT2D eigenvalue weighted by molar-refractivity contribution is 7.96. The molecule has 2 heteroatoms. The Labute approximate surface area is 342 Å². The first-order valence-corrected chi connectivity index (χ1v) is 25.8. The normalized spacial score (nSPS) is 12.0. The lowest BCUT2D eigenvalue weighted by molar-refractivity contribution is -0.124. The molecule has 0 aliphatic rings. The van der Waals surface area contributed by atoms with Crippen LogP contribution in [0.25, 0.3) is 0 Å². The van der Waals surface area contributed by atoms with Crippen molar-refractivity contribution < 1.29 is 4.79 Å². The van der Waals surface area contributed by atoms with Crippen LogP contribution in [0.15, 0.2) is 0 Å². The summed E-state index contributed by atoms with van der Waals surface area (Å²) in [5.74, 6) is 0.535. The highest BCUT2D eigenvalue weighted by Crippen LogP contribution is 2.46. The summed E-state index contributed by atoms with van der Waals surface area (Å²) < 4.78 is 0. The molecule has 0 radical (unpaired) electrons. The van der Waals surface area contributed by atoms with Gasteiger partial charge in [-0.3, -0.25) is 4.79 Å². The molecule has 0 aromatic carbocycles. The number of rotatable bonds is 46. The smallest absolute Gasteiger partial charge is 0.192 e. The molecule has 0 bridgehead atoms. The van der Waals surface area contributed by atoms with Crippen molar-refractivity contribution in [2.45, 2.75) is 310 Å². The Kier molecular flexibility index (Phi) is 43.2. The van der Waals surface area contributed by atoms with Crippen molar-refractivity contribution >= 4 is 17.7 Å². The van der Waals surface area contributed by atoms with Crippen LogP contribution in [-0.4, -0.2) is 5.12 Å². The molecule has 0 aromatic heterocycles. The molecule has 0 saturated carbocycles. The second kappa shape index (κ2) is 43.1. The summed E-state index contributed by atoms with van der Waals surface area (Å²) in [7, 11) is 0. The van der Waals surface area contributed by atoms with Crippen LogP contribution in [0.4, 0.5) is 0 Å². The van der Waals surface area contributed by atoms with E-state index in [1.165, 1.54) is 270 Å². The van der Waals surface area contributed by atoms with Crippen LogP contribution in [0.2, 0.25) is 0 Å². The van der Waals surface area contributed by atoms with Crippen molar-refractivity contribution in [3.05, 3.63) is 0 Å². The Morgan fingerprint density at radius 3 is 0.717 bits per heavy atom. The van der Waals surface area contributed by atoms with Crippen LogP contribution in [-0.2, 0) is 4.79 Å². The molecule has 53 heavy (non-hydrogen) atoms. The summed E-state index contributed by atoms with van der Waals surface area (Å²) in [6, 6.07) is 0. The molecule has 0 aliphatic heterocycles. The molecule has 0 saturated heterocycles. The van der Waals surface area contributed by atoms with Gasteiger partial charge in [0, 0.05) is 5.41 Å². The summed E-state index contributed by atoms with van der Waals surface area (Å²) in [6.07, 6.45) is 59.9. The Morgan fingerprint density at radius 2 is 0.509 bits per heavy atom. The van der Waals surface area contributed by atoms with Gasteiger partial charge in [0.25, 0.3) is 0 Å². The van der Waals surface area contributed by atoms with E-state index in [0.29, 0.717) is 5.92 Å². The SMILES string of the molecule is CCCCCCCCCCCCC(CCCCCCCCCCCC)C(CCCCCCCCCCCC)(CCCCCCCCCCCC)C(=O)S. The largest absolute Gasteiger partial charge is 0.287 e. The van der Waals surface area contributed by atoms with Gasteiger partial charge in [-0.15, -0.1) is 12.6 Å². The van der Waals surface area contributed by atoms with E-state index in [2.05, 4.69) is 27.7 Å². The molecule has 0 spiro atoms. The first-order chi connectivity index (χ1) is 26.1. The van der Waals surface area contributed by atoms with Gasteiger partial charge in [-0.1, -0.05) is 285 Å². The van der Waals surface area contributed by atoms with Crippen LogP contribution >= 0.6 is 12.6 Å². The van der Waals surface area contributed by atoms with Crippen molar-refractivity contribution in [3.8, 4) is 0 Å². The summed E-state index contributed by atoms with van der Waals surface area (Å²) in [6.45, 7) is 9.25. The number of hydrogen-bond donors (Lipinski definition) is 1. The maximum Gasteiger partial charge on any atom is 0.192 e. The Bertz CT molecular complexity index is 654. The van der Waals surface area contributed by atoms with Crippen molar-refractivity contribution in [1.82, 2.24) is 0 Å². The topological polar surface area (TPSA) is 17.1 Å². The minimum atomic E-state index is -0.192. The third-order valence-electron chi connectivity index (χ3n) is 13.0. The monoisotopic (exact) mass is 763 g/mol. The Hall–Kier alpha value is 0.0200. The van der Waals surface area contributed by atoms with E-state index in [9.17, 15) is 4.79 Å². The van der Waals surface area contributed by atoms with Gasteiger partial charge < -0.3 is 0 Å². The van der Waals surface area contributed by atoms with Gasteiger partial charge in [-0.2, -0.15) is 0 Å². The zero-order valence-electron chi connectivity index (χ0n) is 37.5. The van der Waals surface area contributed by atoms with Gasteiger partial charge in [0.2, 0.25) is 0 Å². The number of carbonyl (C=O) groups excluding carboxylic acids is 1. The highest BCUT2D eigenvalue weighted by atomic mass is 32.1. The molecule has 0 rings (SSSR count). The minimum absolute atomic E-state index is 0.192. The van der Waals surface area contributed by atoms with E-state index >= 15 is 0 Å². The molecule has 1 nitrogen and oxygen atoms in total. The van der Waals surface area contributed by atoms with Crippen LogP contribution in [0.3, 0.4) is 0 Å². The molecule has 0 heterocycles. The Balaban J connectivity index is 5.31. The lowest BCUT2D eigenvalue weighted by atomic mass is 9.65. The average molecular weight is 763 g/mol. The van der Waals surface area contributed by atoms with E-state index in [4.69, 9.17) is 12.6 Å². The fourth-order valence-corrected chi connectivity index (χ4v) is 9.64. The van der Waals surface area contributed by atoms with Gasteiger partial charge in [-0.25, -0.2) is 0 Å².